The van der Waals surface area contributed by atoms with Crippen LogP contribution >= 0.6 is 0 Å². The summed E-state index contributed by atoms with van der Waals surface area (Å²) in [5.41, 5.74) is 8.54. The first-order chi connectivity index (χ1) is 10.6. The monoisotopic (exact) mass is 298 g/mol. The summed E-state index contributed by atoms with van der Waals surface area (Å²) in [4.78, 5) is 12.2. The van der Waals surface area contributed by atoms with Crippen molar-refractivity contribution in [3.63, 3.8) is 0 Å². The molecule has 0 fully saturated rings. The zero-order valence-corrected chi connectivity index (χ0v) is 13.0. The first-order valence-corrected chi connectivity index (χ1v) is 7.48. The lowest BCUT2D eigenvalue weighted by molar-refractivity contribution is -0.122. The Morgan fingerprint density at radius 2 is 1.86 bits per heavy atom. The van der Waals surface area contributed by atoms with Gasteiger partial charge in [-0.25, -0.2) is 0 Å². The number of hydrogen-bond acceptors (Lipinski definition) is 3. The van der Waals surface area contributed by atoms with E-state index in [1.54, 1.807) is 6.92 Å². The van der Waals surface area contributed by atoms with Gasteiger partial charge in [0.15, 0.2) is 6.10 Å². The van der Waals surface area contributed by atoms with Crippen molar-refractivity contribution in [1.82, 2.24) is 0 Å². The highest BCUT2D eigenvalue weighted by molar-refractivity contribution is 5.94. The number of amides is 1. The van der Waals surface area contributed by atoms with E-state index in [9.17, 15) is 4.79 Å². The Morgan fingerprint density at radius 3 is 2.50 bits per heavy atom. The molecule has 3 N–H and O–H groups in total. The molecule has 2 aromatic carbocycles. The first-order valence-electron chi connectivity index (χ1n) is 7.48. The highest BCUT2D eigenvalue weighted by Gasteiger charge is 2.15. The highest BCUT2D eigenvalue weighted by atomic mass is 16.5. The second kappa shape index (κ2) is 7.61. The predicted molar refractivity (Wildman–Crippen MR) is 88.9 cm³/mol. The molecule has 0 saturated carbocycles. The van der Waals surface area contributed by atoms with Gasteiger partial charge in [0, 0.05) is 12.2 Å². The summed E-state index contributed by atoms with van der Waals surface area (Å²) < 4.78 is 5.68. The smallest absolute Gasteiger partial charge is 0.265 e. The summed E-state index contributed by atoms with van der Waals surface area (Å²) in [5, 5.41) is 2.86. The van der Waals surface area contributed by atoms with Crippen LogP contribution in [-0.4, -0.2) is 12.0 Å². The van der Waals surface area contributed by atoms with Crippen LogP contribution in [0.15, 0.2) is 48.5 Å². The molecular weight excluding hydrogens is 276 g/mol. The maximum atomic E-state index is 12.2. The van der Waals surface area contributed by atoms with Crippen LogP contribution in [0.1, 0.15) is 25.0 Å². The number of ether oxygens (including phenoxy) is 1. The fourth-order valence-corrected chi connectivity index (χ4v) is 2.12. The van der Waals surface area contributed by atoms with Gasteiger partial charge in [0.1, 0.15) is 5.75 Å². The summed E-state index contributed by atoms with van der Waals surface area (Å²) in [7, 11) is 0. The number of para-hydroxylation sites is 1. The van der Waals surface area contributed by atoms with Crippen LogP contribution in [0.5, 0.6) is 5.75 Å². The molecule has 4 heteroatoms. The molecule has 2 aromatic rings. The number of carbonyl (C=O) groups is 1. The molecule has 1 unspecified atom stereocenters. The van der Waals surface area contributed by atoms with Crippen molar-refractivity contribution in [1.29, 1.82) is 0 Å². The number of carbonyl (C=O) groups excluding carboxylic acids is 1. The van der Waals surface area contributed by atoms with Crippen molar-refractivity contribution in [3.05, 3.63) is 59.7 Å². The quantitative estimate of drug-likeness (QED) is 0.861. The topological polar surface area (TPSA) is 64.3 Å². The summed E-state index contributed by atoms with van der Waals surface area (Å²) in [5.74, 6) is 0.493. The van der Waals surface area contributed by atoms with Gasteiger partial charge in [0.25, 0.3) is 5.91 Å². The van der Waals surface area contributed by atoms with E-state index in [0.717, 1.165) is 17.7 Å². The second-order valence-corrected chi connectivity index (χ2v) is 5.11. The lowest BCUT2D eigenvalue weighted by atomic mass is 10.1. The zero-order valence-electron chi connectivity index (χ0n) is 13.0. The van der Waals surface area contributed by atoms with Crippen molar-refractivity contribution in [3.8, 4) is 5.75 Å². The molecule has 2 rings (SSSR count). The van der Waals surface area contributed by atoms with Gasteiger partial charge in [-0.2, -0.15) is 0 Å². The normalized spacial score (nSPS) is 11.8. The largest absolute Gasteiger partial charge is 0.481 e. The molecule has 22 heavy (non-hydrogen) atoms. The van der Waals surface area contributed by atoms with Crippen LogP contribution in [0, 0.1) is 0 Å². The Hall–Kier alpha value is -2.33. The summed E-state index contributed by atoms with van der Waals surface area (Å²) in [6.07, 6.45) is 0.393. The Kier molecular flexibility index (Phi) is 5.55. The van der Waals surface area contributed by atoms with E-state index in [0.29, 0.717) is 12.3 Å². The number of nitrogens with one attached hydrogen (secondary N) is 1. The molecule has 0 aliphatic rings. The standard InChI is InChI=1S/C18H22N2O2/c1-3-14-8-10-16(11-9-14)22-13(2)18(21)20-17-7-5-4-6-15(17)12-19/h4-11,13H,3,12,19H2,1-2H3,(H,20,21). The highest BCUT2D eigenvalue weighted by Crippen LogP contribution is 2.17. The summed E-state index contributed by atoms with van der Waals surface area (Å²) in [6.45, 7) is 4.21. The molecule has 0 heterocycles. The fourth-order valence-electron chi connectivity index (χ4n) is 2.12. The third-order valence-electron chi connectivity index (χ3n) is 3.51. The van der Waals surface area contributed by atoms with Crippen LogP contribution in [0.25, 0.3) is 0 Å². The zero-order chi connectivity index (χ0) is 15.9. The molecule has 0 bridgehead atoms. The molecule has 0 aliphatic carbocycles. The van der Waals surface area contributed by atoms with E-state index in [1.165, 1.54) is 5.56 Å². The minimum Gasteiger partial charge on any atom is -0.481 e. The average Bonchev–Trinajstić information content (AvgIpc) is 2.56. The maximum absolute atomic E-state index is 12.2. The van der Waals surface area contributed by atoms with Crippen LogP contribution in [0.2, 0.25) is 0 Å². The van der Waals surface area contributed by atoms with Gasteiger partial charge in [-0.3, -0.25) is 4.79 Å². The van der Waals surface area contributed by atoms with Gasteiger partial charge in [0.2, 0.25) is 0 Å². The number of rotatable bonds is 6. The Morgan fingerprint density at radius 1 is 1.18 bits per heavy atom. The summed E-state index contributed by atoms with van der Waals surface area (Å²) in [6, 6.07) is 15.3. The fraction of sp³-hybridized carbons (Fsp3) is 0.278. The van der Waals surface area contributed by atoms with Crippen molar-refractivity contribution >= 4 is 11.6 Å². The van der Waals surface area contributed by atoms with E-state index in [4.69, 9.17) is 10.5 Å². The number of nitrogens with two attached hydrogens (primary N) is 1. The van der Waals surface area contributed by atoms with Crippen molar-refractivity contribution in [2.75, 3.05) is 5.32 Å². The number of benzene rings is 2. The number of hydrogen-bond donors (Lipinski definition) is 2. The Bertz CT molecular complexity index is 623. The summed E-state index contributed by atoms with van der Waals surface area (Å²) >= 11 is 0. The van der Waals surface area contributed by atoms with Gasteiger partial charge in [-0.1, -0.05) is 37.3 Å². The lowest BCUT2D eigenvalue weighted by Gasteiger charge is -2.16. The molecule has 4 nitrogen and oxygen atoms in total. The second-order valence-electron chi connectivity index (χ2n) is 5.11. The average molecular weight is 298 g/mol. The van der Waals surface area contributed by atoms with Crippen molar-refractivity contribution < 1.29 is 9.53 Å². The van der Waals surface area contributed by atoms with Gasteiger partial charge in [-0.05, 0) is 42.7 Å². The molecule has 116 valence electrons. The van der Waals surface area contributed by atoms with Gasteiger partial charge >= 0.3 is 0 Å². The lowest BCUT2D eigenvalue weighted by Crippen LogP contribution is -2.30. The number of anilines is 1. The number of aryl methyl sites for hydroxylation is 1. The van der Waals surface area contributed by atoms with E-state index in [-0.39, 0.29) is 5.91 Å². The van der Waals surface area contributed by atoms with Crippen LogP contribution in [0.4, 0.5) is 5.69 Å². The van der Waals surface area contributed by atoms with Crippen LogP contribution in [0.3, 0.4) is 0 Å². The SMILES string of the molecule is CCc1ccc(OC(C)C(=O)Nc2ccccc2CN)cc1. The molecule has 0 aromatic heterocycles. The third kappa shape index (κ3) is 4.09. The molecule has 0 aliphatic heterocycles. The molecule has 0 saturated heterocycles. The van der Waals surface area contributed by atoms with Crippen LogP contribution in [-0.2, 0) is 17.8 Å². The molecular formula is C18H22N2O2. The molecule has 0 radical (unpaired) electrons. The van der Waals surface area contributed by atoms with Gasteiger partial charge < -0.3 is 15.8 Å². The van der Waals surface area contributed by atoms with E-state index < -0.39 is 6.10 Å². The van der Waals surface area contributed by atoms with Crippen LogP contribution < -0.4 is 15.8 Å². The Balaban J connectivity index is 1.99. The van der Waals surface area contributed by atoms with E-state index in [1.807, 2.05) is 48.5 Å². The molecule has 1 atom stereocenters. The van der Waals surface area contributed by atoms with E-state index >= 15 is 0 Å². The van der Waals surface area contributed by atoms with Gasteiger partial charge in [0.05, 0.1) is 0 Å². The first kappa shape index (κ1) is 16.0. The maximum Gasteiger partial charge on any atom is 0.265 e. The Labute approximate surface area is 131 Å². The predicted octanol–water partition coefficient (Wildman–Crippen LogP) is 3.11. The van der Waals surface area contributed by atoms with E-state index in [2.05, 4.69) is 12.2 Å². The minimum atomic E-state index is -0.585. The molecule has 1 amide bonds. The van der Waals surface area contributed by atoms with Gasteiger partial charge in [-0.15, -0.1) is 0 Å². The van der Waals surface area contributed by atoms with Crippen molar-refractivity contribution in [2.24, 2.45) is 5.73 Å². The van der Waals surface area contributed by atoms with Crippen molar-refractivity contribution in [2.45, 2.75) is 32.9 Å². The minimum absolute atomic E-state index is 0.194. The molecule has 0 spiro atoms. The third-order valence-corrected chi connectivity index (χ3v) is 3.51.